The van der Waals surface area contributed by atoms with Gasteiger partial charge in [0.15, 0.2) is 0 Å². The number of likely N-dealkylation sites (tertiary alicyclic amines) is 1. The quantitative estimate of drug-likeness (QED) is 0.817. The predicted octanol–water partition coefficient (Wildman–Crippen LogP) is 2.39. The van der Waals surface area contributed by atoms with Crippen molar-refractivity contribution < 1.29 is 4.79 Å². The predicted molar refractivity (Wildman–Crippen MR) is 94.3 cm³/mol. The summed E-state index contributed by atoms with van der Waals surface area (Å²) in [6.45, 7) is 10.2. The number of hydrogen-bond acceptors (Lipinski definition) is 3. The van der Waals surface area contributed by atoms with Gasteiger partial charge in [-0.3, -0.25) is 4.79 Å². The number of amides is 1. The van der Waals surface area contributed by atoms with E-state index in [0.29, 0.717) is 18.0 Å². The molecule has 3 rings (SSSR count). The molecule has 2 bridgehead atoms. The number of nitrogens with one attached hydrogen (secondary N) is 2. The minimum Gasteiger partial charge on any atom is -0.352 e. The fraction of sp³-hybridized carbons (Fsp3) is 0.947. The minimum atomic E-state index is 0.262. The summed E-state index contributed by atoms with van der Waals surface area (Å²) in [5.41, 5.74) is 0. The van der Waals surface area contributed by atoms with Crippen molar-refractivity contribution in [3.63, 3.8) is 0 Å². The van der Waals surface area contributed by atoms with Crippen LogP contribution < -0.4 is 10.6 Å². The summed E-state index contributed by atoms with van der Waals surface area (Å²) in [6, 6.07) is 1.62. The van der Waals surface area contributed by atoms with Crippen LogP contribution in [0.3, 0.4) is 0 Å². The molecule has 0 aromatic rings. The second-order valence-electron chi connectivity index (χ2n) is 8.81. The standard InChI is InChI=1S/C19H35N3O/c1-13-6-14(2)11-22(10-13)12-15(3)20-19(23)9-16-7-17-4-5-18(8-16)21-17/h13-18,21H,4-12H2,1-3H3,(H,20,23). The van der Waals surface area contributed by atoms with Crippen molar-refractivity contribution in [2.24, 2.45) is 17.8 Å². The lowest BCUT2D eigenvalue weighted by Crippen LogP contribution is -2.47. The molecule has 0 radical (unpaired) electrons. The van der Waals surface area contributed by atoms with Gasteiger partial charge in [-0.15, -0.1) is 0 Å². The first-order valence-electron chi connectivity index (χ1n) is 9.75. The molecule has 2 N–H and O–H groups in total. The van der Waals surface area contributed by atoms with E-state index in [1.54, 1.807) is 0 Å². The van der Waals surface area contributed by atoms with E-state index in [-0.39, 0.29) is 11.9 Å². The van der Waals surface area contributed by atoms with Crippen LogP contribution in [0.5, 0.6) is 0 Å². The Labute approximate surface area is 141 Å². The van der Waals surface area contributed by atoms with Gasteiger partial charge in [0.25, 0.3) is 0 Å². The number of carbonyl (C=O) groups is 1. The zero-order valence-electron chi connectivity index (χ0n) is 15.2. The van der Waals surface area contributed by atoms with Crippen LogP contribution in [-0.4, -0.2) is 48.6 Å². The van der Waals surface area contributed by atoms with Crippen LogP contribution in [0.1, 0.15) is 59.3 Å². The summed E-state index contributed by atoms with van der Waals surface area (Å²) in [6.07, 6.45) is 7.08. The molecule has 4 heteroatoms. The molecule has 3 aliphatic heterocycles. The van der Waals surface area contributed by atoms with E-state index >= 15 is 0 Å². The second-order valence-corrected chi connectivity index (χ2v) is 8.81. The second kappa shape index (κ2) is 7.52. The van der Waals surface area contributed by atoms with Crippen LogP contribution in [-0.2, 0) is 4.79 Å². The van der Waals surface area contributed by atoms with Gasteiger partial charge < -0.3 is 15.5 Å². The lowest BCUT2D eigenvalue weighted by atomic mass is 9.89. The van der Waals surface area contributed by atoms with Crippen molar-refractivity contribution in [2.75, 3.05) is 19.6 Å². The highest BCUT2D eigenvalue weighted by atomic mass is 16.1. The molecule has 5 atom stereocenters. The summed E-state index contributed by atoms with van der Waals surface area (Å²) in [5.74, 6) is 2.43. The van der Waals surface area contributed by atoms with Crippen LogP contribution >= 0.6 is 0 Å². The van der Waals surface area contributed by atoms with Crippen LogP contribution in [0.15, 0.2) is 0 Å². The molecule has 3 aliphatic rings. The maximum atomic E-state index is 12.4. The molecule has 0 aromatic heterocycles. The Morgan fingerprint density at radius 1 is 1.13 bits per heavy atom. The lowest BCUT2D eigenvalue weighted by molar-refractivity contribution is -0.123. The fourth-order valence-corrected chi connectivity index (χ4v) is 5.31. The minimum absolute atomic E-state index is 0.262. The Hall–Kier alpha value is -0.610. The molecule has 1 amide bonds. The van der Waals surface area contributed by atoms with E-state index in [4.69, 9.17) is 0 Å². The first kappa shape index (κ1) is 17.2. The van der Waals surface area contributed by atoms with E-state index in [1.165, 1.54) is 45.2 Å². The summed E-state index contributed by atoms with van der Waals surface area (Å²) >= 11 is 0. The van der Waals surface area contributed by atoms with Gasteiger partial charge in [0.05, 0.1) is 0 Å². The summed E-state index contributed by atoms with van der Waals surface area (Å²) in [7, 11) is 0. The SMILES string of the molecule is CC1CC(C)CN(CC(C)NC(=O)CC2CC3CCC(C2)N3)C1. The zero-order chi connectivity index (χ0) is 16.4. The van der Waals surface area contributed by atoms with Gasteiger partial charge in [-0.05, 0) is 56.8 Å². The van der Waals surface area contributed by atoms with Crippen molar-refractivity contribution in [3.05, 3.63) is 0 Å². The number of fused-ring (bicyclic) bond motifs is 2. The normalized spacial score (nSPS) is 39.2. The Balaban J connectivity index is 1.39. The van der Waals surface area contributed by atoms with Gasteiger partial charge in [-0.25, -0.2) is 0 Å². The molecular formula is C19H35N3O. The summed E-state index contributed by atoms with van der Waals surface area (Å²) < 4.78 is 0. The fourth-order valence-electron chi connectivity index (χ4n) is 5.31. The Kier molecular flexibility index (Phi) is 5.63. The van der Waals surface area contributed by atoms with E-state index in [0.717, 1.165) is 24.8 Å². The van der Waals surface area contributed by atoms with Gasteiger partial charge >= 0.3 is 0 Å². The molecule has 0 saturated carbocycles. The summed E-state index contributed by atoms with van der Waals surface area (Å²) in [5, 5.41) is 6.91. The zero-order valence-corrected chi connectivity index (χ0v) is 15.2. The molecule has 132 valence electrons. The molecule has 3 saturated heterocycles. The number of piperidine rings is 2. The average Bonchev–Trinajstić information content (AvgIpc) is 2.76. The van der Waals surface area contributed by atoms with Crippen molar-refractivity contribution in [2.45, 2.75) is 77.4 Å². The average molecular weight is 322 g/mol. The smallest absolute Gasteiger partial charge is 0.220 e. The number of rotatable bonds is 5. The third-order valence-electron chi connectivity index (χ3n) is 5.93. The third kappa shape index (κ3) is 4.93. The topological polar surface area (TPSA) is 44.4 Å². The van der Waals surface area contributed by atoms with E-state index < -0.39 is 0 Å². The molecule has 3 fully saturated rings. The Morgan fingerprint density at radius 3 is 2.35 bits per heavy atom. The first-order chi connectivity index (χ1) is 11.0. The number of nitrogens with zero attached hydrogens (tertiary/aromatic N) is 1. The van der Waals surface area contributed by atoms with E-state index in [2.05, 4.69) is 36.3 Å². The van der Waals surface area contributed by atoms with Crippen molar-refractivity contribution in [3.8, 4) is 0 Å². The molecule has 0 aromatic carbocycles. The van der Waals surface area contributed by atoms with Gasteiger partial charge in [0.2, 0.25) is 5.91 Å². The molecule has 0 aliphatic carbocycles. The van der Waals surface area contributed by atoms with Crippen molar-refractivity contribution in [1.82, 2.24) is 15.5 Å². The van der Waals surface area contributed by atoms with Crippen molar-refractivity contribution in [1.29, 1.82) is 0 Å². The molecule has 3 heterocycles. The van der Waals surface area contributed by atoms with Crippen LogP contribution in [0.25, 0.3) is 0 Å². The highest BCUT2D eigenvalue weighted by Crippen LogP contribution is 2.32. The lowest BCUT2D eigenvalue weighted by Gasteiger charge is -2.36. The molecule has 23 heavy (non-hydrogen) atoms. The number of hydrogen-bond donors (Lipinski definition) is 2. The monoisotopic (exact) mass is 321 g/mol. The maximum absolute atomic E-state index is 12.4. The Morgan fingerprint density at radius 2 is 1.74 bits per heavy atom. The largest absolute Gasteiger partial charge is 0.352 e. The van der Waals surface area contributed by atoms with Gasteiger partial charge in [-0.2, -0.15) is 0 Å². The molecule has 5 unspecified atom stereocenters. The van der Waals surface area contributed by atoms with Crippen LogP contribution in [0.2, 0.25) is 0 Å². The van der Waals surface area contributed by atoms with Gasteiger partial charge in [0, 0.05) is 44.2 Å². The van der Waals surface area contributed by atoms with Gasteiger partial charge in [0.1, 0.15) is 0 Å². The highest BCUT2D eigenvalue weighted by Gasteiger charge is 2.34. The Bertz CT molecular complexity index is 391. The van der Waals surface area contributed by atoms with Gasteiger partial charge in [-0.1, -0.05) is 13.8 Å². The molecule has 4 nitrogen and oxygen atoms in total. The van der Waals surface area contributed by atoms with Crippen LogP contribution in [0.4, 0.5) is 0 Å². The van der Waals surface area contributed by atoms with E-state index in [1.807, 2.05) is 0 Å². The molecule has 0 spiro atoms. The molecular weight excluding hydrogens is 286 g/mol. The van der Waals surface area contributed by atoms with E-state index in [9.17, 15) is 4.79 Å². The summed E-state index contributed by atoms with van der Waals surface area (Å²) in [4.78, 5) is 14.9. The van der Waals surface area contributed by atoms with Crippen molar-refractivity contribution >= 4 is 5.91 Å². The first-order valence-corrected chi connectivity index (χ1v) is 9.75. The highest BCUT2D eigenvalue weighted by molar-refractivity contribution is 5.76. The third-order valence-corrected chi connectivity index (χ3v) is 5.93. The van der Waals surface area contributed by atoms with Crippen LogP contribution in [0, 0.1) is 17.8 Å². The number of carbonyl (C=O) groups excluding carboxylic acids is 1. The maximum Gasteiger partial charge on any atom is 0.220 e.